The van der Waals surface area contributed by atoms with Gasteiger partial charge in [0.1, 0.15) is 30.1 Å². The van der Waals surface area contributed by atoms with E-state index in [-0.39, 0.29) is 41.7 Å². The van der Waals surface area contributed by atoms with E-state index in [0.29, 0.717) is 55.8 Å². The molecular weight excluding hydrogens is 696 g/mol. The Labute approximate surface area is 311 Å². The lowest BCUT2D eigenvalue weighted by molar-refractivity contribution is -0.139. The number of ether oxygens (including phenoxy) is 2. The normalized spacial score (nSPS) is 22.9. The first-order valence-corrected chi connectivity index (χ1v) is 18.0. The molecule has 0 radical (unpaired) electrons. The molecule has 0 spiro atoms. The highest BCUT2D eigenvalue weighted by atomic mass is 19.1. The number of carbonyl (C=O) groups excluding carboxylic acids is 1. The summed E-state index contributed by atoms with van der Waals surface area (Å²) in [4.78, 5) is 23.9. The minimum Gasteiger partial charge on any atom is -0.370 e. The molecule has 54 heavy (non-hydrogen) atoms. The summed E-state index contributed by atoms with van der Waals surface area (Å²) in [5, 5.41) is 32.7. The van der Waals surface area contributed by atoms with Crippen molar-refractivity contribution in [3.05, 3.63) is 99.5 Å². The molecule has 4 fully saturated rings. The molecule has 2 aromatic carbocycles. The Morgan fingerprint density at radius 3 is 2.11 bits per heavy atom. The van der Waals surface area contributed by atoms with Crippen LogP contribution >= 0.6 is 0 Å². The van der Waals surface area contributed by atoms with Crippen LogP contribution in [-0.2, 0) is 20.7 Å². The molecule has 6 heterocycles. The van der Waals surface area contributed by atoms with E-state index in [9.17, 15) is 18.8 Å². The number of aromatic nitrogens is 5. The number of benzene rings is 2. The second kappa shape index (κ2) is 16.4. The van der Waals surface area contributed by atoms with Crippen molar-refractivity contribution < 1.29 is 23.0 Å². The molecule has 4 saturated heterocycles. The Morgan fingerprint density at radius 2 is 1.52 bits per heavy atom. The van der Waals surface area contributed by atoms with Crippen molar-refractivity contribution in [2.75, 3.05) is 65.6 Å². The topological polar surface area (TPSA) is 161 Å². The van der Waals surface area contributed by atoms with Gasteiger partial charge in [0.2, 0.25) is 5.91 Å². The van der Waals surface area contributed by atoms with Crippen LogP contribution in [0.4, 0.5) is 8.78 Å². The van der Waals surface area contributed by atoms with Gasteiger partial charge in [0.25, 0.3) is 0 Å². The van der Waals surface area contributed by atoms with Gasteiger partial charge in [0, 0.05) is 64.6 Å². The number of hydrogen-bond donors (Lipinski definition) is 1. The Balaban J connectivity index is 0.000000191. The van der Waals surface area contributed by atoms with E-state index in [4.69, 9.17) is 14.7 Å². The largest absolute Gasteiger partial charge is 0.370 e. The predicted molar refractivity (Wildman–Crippen MR) is 190 cm³/mol. The van der Waals surface area contributed by atoms with E-state index < -0.39 is 11.6 Å². The number of carbonyl (C=O) groups is 1. The first-order chi connectivity index (χ1) is 26.2. The monoisotopic (exact) mass is 737 g/mol. The summed E-state index contributed by atoms with van der Waals surface area (Å²) in [6, 6.07) is 14.2. The van der Waals surface area contributed by atoms with Crippen LogP contribution in [0.3, 0.4) is 0 Å². The number of rotatable bonds is 5. The zero-order valence-corrected chi connectivity index (χ0v) is 30.2. The fourth-order valence-corrected chi connectivity index (χ4v) is 7.66. The molecule has 4 aliphatic rings. The maximum absolute atomic E-state index is 13.9. The molecule has 280 valence electrons. The maximum atomic E-state index is 13.9. The Kier molecular flexibility index (Phi) is 11.3. The highest BCUT2D eigenvalue weighted by molar-refractivity contribution is 5.79. The zero-order chi connectivity index (χ0) is 37.8. The number of fused-ring (bicyclic) bond motifs is 2. The summed E-state index contributed by atoms with van der Waals surface area (Å²) >= 11 is 0. The van der Waals surface area contributed by atoms with Crippen molar-refractivity contribution in [2.45, 2.75) is 44.6 Å². The molecule has 1 amide bonds. The van der Waals surface area contributed by atoms with E-state index in [2.05, 4.69) is 35.6 Å². The van der Waals surface area contributed by atoms with Crippen LogP contribution in [-0.4, -0.2) is 123 Å². The van der Waals surface area contributed by atoms with E-state index in [0.717, 1.165) is 49.4 Å². The molecule has 0 unspecified atom stereocenters. The lowest BCUT2D eigenvalue weighted by Gasteiger charge is -2.46. The van der Waals surface area contributed by atoms with Gasteiger partial charge in [0.05, 0.1) is 49.0 Å². The standard InChI is InChI=1S/C23H23FN8O2.C15H18FN3O/c1-15-18(3-4-20(24)19(15)9-25)21-12-30-6-7-31(11-17(30)13-34-21)23(33)8-16-2-5-22(26-10-16)32-14-27-28-29-32;1-10-12(2-3-14(16)13(10)6-17)15-8-19-5-4-18-7-11(19)9-20-15/h2-5,10,14,17,21H,6-8,11-13H2,1H3;2-3,11,15,18H,4-5,7-9H2,1H3/t17-,21+;11-,15+/m00/s1. The lowest BCUT2D eigenvalue weighted by Crippen LogP contribution is -2.59. The lowest BCUT2D eigenvalue weighted by atomic mass is 9.96. The van der Waals surface area contributed by atoms with Crippen LogP contribution in [0.5, 0.6) is 0 Å². The summed E-state index contributed by atoms with van der Waals surface area (Å²) in [6.07, 6.45) is 3.10. The number of nitrogens with one attached hydrogen (secondary N) is 1. The first kappa shape index (κ1) is 37.1. The van der Waals surface area contributed by atoms with Gasteiger partial charge in [-0.2, -0.15) is 15.2 Å². The summed E-state index contributed by atoms with van der Waals surface area (Å²) in [6.45, 7) is 11.1. The molecular formula is C38H41F2N11O3. The smallest absolute Gasteiger partial charge is 0.227 e. The molecule has 1 N–H and O–H groups in total. The van der Waals surface area contributed by atoms with Crippen molar-refractivity contribution in [3.63, 3.8) is 0 Å². The number of hydrogen-bond acceptors (Lipinski definition) is 12. The summed E-state index contributed by atoms with van der Waals surface area (Å²) in [7, 11) is 0. The Bertz CT molecular complexity index is 2050. The highest BCUT2D eigenvalue weighted by Gasteiger charge is 2.36. The van der Waals surface area contributed by atoms with Crippen LogP contribution < -0.4 is 5.32 Å². The van der Waals surface area contributed by atoms with Gasteiger partial charge in [-0.05, 0) is 70.3 Å². The Hall–Kier alpha value is -5.23. The van der Waals surface area contributed by atoms with Gasteiger partial charge in [-0.3, -0.25) is 14.6 Å². The molecule has 0 bridgehead atoms. The first-order valence-electron chi connectivity index (χ1n) is 18.0. The zero-order valence-electron chi connectivity index (χ0n) is 30.2. The molecule has 4 aliphatic heterocycles. The van der Waals surface area contributed by atoms with Gasteiger partial charge in [-0.25, -0.2) is 13.8 Å². The van der Waals surface area contributed by atoms with Crippen molar-refractivity contribution in [1.82, 2.24) is 45.2 Å². The fourth-order valence-electron chi connectivity index (χ4n) is 7.66. The average Bonchev–Trinajstić information content (AvgIpc) is 3.74. The maximum Gasteiger partial charge on any atom is 0.227 e. The summed E-state index contributed by atoms with van der Waals surface area (Å²) in [5.74, 6) is -0.330. The quantitative estimate of drug-likeness (QED) is 0.319. The number of amides is 1. The van der Waals surface area contributed by atoms with Crippen LogP contribution in [0, 0.1) is 48.1 Å². The second-order valence-corrected chi connectivity index (χ2v) is 13.9. The van der Waals surface area contributed by atoms with Crippen LogP contribution in [0.2, 0.25) is 0 Å². The van der Waals surface area contributed by atoms with E-state index in [1.807, 2.05) is 23.1 Å². The third-order valence-electron chi connectivity index (χ3n) is 10.8. The van der Waals surface area contributed by atoms with Crippen LogP contribution in [0.15, 0.2) is 48.9 Å². The molecule has 16 heteroatoms. The van der Waals surface area contributed by atoms with Gasteiger partial charge in [-0.15, -0.1) is 5.10 Å². The number of pyridine rings is 1. The third kappa shape index (κ3) is 7.84. The molecule has 2 aromatic heterocycles. The minimum absolute atomic E-state index is 0.0480. The molecule has 8 rings (SSSR count). The van der Waals surface area contributed by atoms with Crippen LogP contribution in [0.1, 0.15) is 51.2 Å². The van der Waals surface area contributed by atoms with Gasteiger partial charge in [-0.1, -0.05) is 18.2 Å². The van der Waals surface area contributed by atoms with Gasteiger partial charge in [0.15, 0.2) is 5.82 Å². The summed E-state index contributed by atoms with van der Waals surface area (Å²) in [5.41, 5.74) is 4.12. The second-order valence-electron chi connectivity index (χ2n) is 13.9. The summed E-state index contributed by atoms with van der Waals surface area (Å²) < 4.78 is 41.0. The van der Waals surface area contributed by atoms with E-state index >= 15 is 0 Å². The molecule has 4 aromatic rings. The van der Waals surface area contributed by atoms with E-state index in [1.54, 1.807) is 38.2 Å². The third-order valence-corrected chi connectivity index (χ3v) is 10.8. The number of morpholine rings is 2. The average molecular weight is 738 g/mol. The number of nitriles is 2. The Morgan fingerprint density at radius 1 is 0.870 bits per heavy atom. The molecule has 0 aliphatic carbocycles. The molecule has 14 nitrogen and oxygen atoms in total. The number of tetrazole rings is 1. The number of halogens is 2. The highest BCUT2D eigenvalue weighted by Crippen LogP contribution is 2.32. The van der Waals surface area contributed by atoms with Crippen molar-refractivity contribution >= 4 is 5.91 Å². The van der Waals surface area contributed by atoms with Crippen molar-refractivity contribution in [3.8, 4) is 18.0 Å². The van der Waals surface area contributed by atoms with Crippen molar-refractivity contribution in [1.29, 1.82) is 10.5 Å². The fraction of sp³-hybridized carbons (Fsp3) is 0.447. The minimum atomic E-state index is -0.509. The number of piperazine rings is 2. The predicted octanol–water partition coefficient (Wildman–Crippen LogP) is 2.55. The van der Waals surface area contributed by atoms with Gasteiger partial charge < -0.3 is 19.7 Å². The van der Waals surface area contributed by atoms with Crippen LogP contribution in [0.25, 0.3) is 5.82 Å². The van der Waals surface area contributed by atoms with E-state index in [1.165, 1.54) is 23.1 Å². The molecule has 0 saturated carbocycles. The number of nitrogens with zero attached hydrogens (tertiary/aromatic N) is 10. The van der Waals surface area contributed by atoms with Gasteiger partial charge >= 0.3 is 0 Å². The molecule has 4 atom stereocenters. The SMILES string of the molecule is Cc1c([C@H]2CN3CCN(C(=O)Cc4ccc(-n5cnnn5)nc4)C[C@H]3CO2)ccc(F)c1C#N.Cc1c([C@H]2CN3CCNC[C@H]3CO2)ccc(F)c1C#N. The van der Waals surface area contributed by atoms with Crippen molar-refractivity contribution in [2.24, 2.45) is 0 Å².